The van der Waals surface area contributed by atoms with E-state index >= 15 is 0 Å². The first-order valence-electron chi connectivity index (χ1n) is 9.08. The summed E-state index contributed by atoms with van der Waals surface area (Å²) < 4.78 is 48.3. The molecular formula is C18H24FN5O4S. The standard InChI is InChI=1S/C18H24FN5O4S/c1-10-9-27-11(2)8-24(10)16-6-14(22-18(23-16)29(4,25)26)13-5-15(28-12(3)19)17(20)21-7-13/h5-7,10-12H,8-9H2,1-4H3,(H2,20,21)/t10-,11-,12?/m0/s1. The van der Waals surface area contributed by atoms with Crippen LogP contribution in [0.4, 0.5) is 16.0 Å². The lowest BCUT2D eigenvalue weighted by atomic mass is 10.1. The van der Waals surface area contributed by atoms with E-state index in [0.29, 0.717) is 30.2 Å². The van der Waals surface area contributed by atoms with Gasteiger partial charge in [0.2, 0.25) is 21.4 Å². The van der Waals surface area contributed by atoms with Crippen molar-refractivity contribution in [3.05, 3.63) is 18.3 Å². The Morgan fingerprint density at radius 3 is 2.72 bits per heavy atom. The van der Waals surface area contributed by atoms with Crippen molar-refractivity contribution in [2.24, 2.45) is 0 Å². The summed E-state index contributed by atoms with van der Waals surface area (Å²) >= 11 is 0. The van der Waals surface area contributed by atoms with Crippen LogP contribution in [0, 0.1) is 0 Å². The minimum absolute atomic E-state index is 0.00261. The first kappa shape index (κ1) is 21.2. The lowest BCUT2D eigenvalue weighted by Crippen LogP contribution is -2.48. The van der Waals surface area contributed by atoms with Gasteiger partial charge >= 0.3 is 0 Å². The molecule has 1 aliphatic heterocycles. The molecule has 3 atom stereocenters. The molecule has 0 spiro atoms. The molecule has 1 saturated heterocycles. The number of nitrogens with two attached hydrogens (primary N) is 1. The van der Waals surface area contributed by atoms with E-state index in [1.165, 1.54) is 19.2 Å². The highest BCUT2D eigenvalue weighted by molar-refractivity contribution is 7.90. The van der Waals surface area contributed by atoms with Crippen molar-refractivity contribution in [1.82, 2.24) is 15.0 Å². The summed E-state index contributed by atoms with van der Waals surface area (Å²) in [5, 5.41) is -0.311. The van der Waals surface area contributed by atoms with Gasteiger partial charge in [0.05, 0.1) is 24.4 Å². The fourth-order valence-corrected chi connectivity index (χ4v) is 3.48. The van der Waals surface area contributed by atoms with Crippen molar-refractivity contribution < 1.29 is 22.3 Å². The van der Waals surface area contributed by atoms with Crippen LogP contribution in [0.1, 0.15) is 20.8 Å². The van der Waals surface area contributed by atoms with Crippen LogP contribution < -0.4 is 15.4 Å². The number of alkyl halides is 1. The second kappa shape index (κ2) is 8.07. The number of nitrogen functional groups attached to an aromatic ring is 1. The first-order chi connectivity index (χ1) is 13.5. The molecule has 1 unspecified atom stereocenters. The number of pyridine rings is 1. The van der Waals surface area contributed by atoms with Crippen molar-refractivity contribution in [3.63, 3.8) is 0 Å². The molecule has 0 radical (unpaired) electrons. The predicted octanol–water partition coefficient (Wildman–Crippen LogP) is 1.83. The minimum Gasteiger partial charge on any atom is -0.457 e. The average molecular weight is 425 g/mol. The molecule has 0 amide bonds. The molecule has 29 heavy (non-hydrogen) atoms. The van der Waals surface area contributed by atoms with Crippen molar-refractivity contribution in [2.45, 2.75) is 44.4 Å². The number of sulfone groups is 1. The molecule has 158 valence electrons. The molecule has 1 aliphatic rings. The molecule has 2 N–H and O–H groups in total. The van der Waals surface area contributed by atoms with Gasteiger partial charge < -0.3 is 20.1 Å². The van der Waals surface area contributed by atoms with Crippen LogP contribution in [0.3, 0.4) is 0 Å². The maximum absolute atomic E-state index is 13.3. The largest absolute Gasteiger partial charge is 0.457 e. The number of hydrogen-bond donors (Lipinski definition) is 1. The fourth-order valence-electron chi connectivity index (χ4n) is 2.96. The lowest BCUT2D eigenvalue weighted by Gasteiger charge is -2.37. The Kier molecular flexibility index (Phi) is 5.90. The molecule has 0 aromatic carbocycles. The van der Waals surface area contributed by atoms with Gasteiger partial charge in [-0.3, -0.25) is 0 Å². The predicted molar refractivity (Wildman–Crippen MR) is 106 cm³/mol. The second-order valence-corrected chi connectivity index (χ2v) is 8.99. The summed E-state index contributed by atoms with van der Waals surface area (Å²) in [5.74, 6) is 0.523. The number of aromatic nitrogens is 3. The van der Waals surface area contributed by atoms with E-state index in [4.69, 9.17) is 15.2 Å². The van der Waals surface area contributed by atoms with Gasteiger partial charge in [-0.1, -0.05) is 0 Å². The van der Waals surface area contributed by atoms with Crippen molar-refractivity contribution in [3.8, 4) is 17.0 Å². The van der Waals surface area contributed by atoms with Gasteiger partial charge in [0.15, 0.2) is 11.6 Å². The molecule has 0 aliphatic carbocycles. The average Bonchev–Trinajstić information content (AvgIpc) is 2.64. The van der Waals surface area contributed by atoms with Gasteiger partial charge in [-0.05, 0) is 19.9 Å². The minimum atomic E-state index is -3.68. The number of morpholine rings is 1. The Hall–Kier alpha value is -2.53. The number of ether oxygens (including phenoxy) is 2. The van der Waals surface area contributed by atoms with E-state index in [9.17, 15) is 12.8 Å². The highest BCUT2D eigenvalue weighted by Crippen LogP contribution is 2.30. The number of anilines is 2. The molecule has 2 aromatic rings. The van der Waals surface area contributed by atoms with Crippen LogP contribution in [0.25, 0.3) is 11.3 Å². The molecule has 3 rings (SSSR count). The normalized spacial score (nSPS) is 21.1. The van der Waals surface area contributed by atoms with E-state index < -0.39 is 16.2 Å². The number of halogens is 1. The fraction of sp³-hybridized carbons (Fsp3) is 0.500. The van der Waals surface area contributed by atoms with E-state index in [2.05, 4.69) is 15.0 Å². The summed E-state index contributed by atoms with van der Waals surface area (Å²) in [6.45, 7) is 6.16. The van der Waals surface area contributed by atoms with Crippen LogP contribution in [-0.2, 0) is 14.6 Å². The van der Waals surface area contributed by atoms with Crippen molar-refractivity contribution >= 4 is 21.5 Å². The zero-order valence-corrected chi connectivity index (χ0v) is 17.5. The van der Waals surface area contributed by atoms with E-state index in [-0.39, 0.29) is 28.9 Å². The first-order valence-corrected chi connectivity index (χ1v) is 11.0. The third kappa shape index (κ3) is 4.91. The molecule has 9 nitrogen and oxygen atoms in total. The Morgan fingerprint density at radius 1 is 1.34 bits per heavy atom. The van der Waals surface area contributed by atoms with Crippen LogP contribution in [0.5, 0.6) is 5.75 Å². The lowest BCUT2D eigenvalue weighted by molar-refractivity contribution is 0.0340. The Balaban J connectivity index is 2.12. The third-order valence-corrected chi connectivity index (χ3v) is 5.24. The quantitative estimate of drug-likeness (QED) is 0.715. The van der Waals surface area contributed by atoms with E-state index in [0.717, 1.165) is 6.26 Å². The van der Waals surface area contributed by atoms with E-state index in [1.807, 2.05) is 18.7 Å². The zero-order chi connectivity index (χ0) is 21.3. The zero-order valence-electron chi connectivity index (χ0n) is 16.7. The SMILES string of the molecule is CC(F)Oc1cc(-c2cc(N3C[C@H](C)OC[C@@H]3C)nc(S(C)(=O)=O)n2)cnc1N. The molecule has 0 bridgehead atoms. The van der Waals surface area contributed by atoms with Gasteiger partial charge in [0.1, 0.15) is 5.82 Å². The highest BCUT2D eigenvalue weighted by atomic mass is 32.2. The Bertz CT molecular complexity index is 1000. The van der Waals surface area contributed by atoms with Gasteiger partial charge in [-0.25, -0.2) is 27.8 Å². The summed E-state index contributed by atoms with van der Waals surface area (Å²) in [5.41, 5.74) is 6.48. The monoisotopic (exact) mass is 425 g/mol. The van der Waals surface area contributed by atoms with Crippen molar-refractivity contribution in [2.75, 3.05) is 30.0 Å². The maximum atomic E-state index is 13.3. The molecule has 3 heterocycles. The summed E-state index contributed by atoms with van der Waals surface area (Å²) in [6.07, 6.45) is 0.851. The van der Waals surface area contributed by atoms with Crippen LogP contribution in [-0.4, -0.2) is 61.3 Å². The highest BCUT2D eigenvalue weighted by Gasteiger charge is 2.27. The van der Waals surface area contributed by atoms with Crippen LogP contribution in [0.2, 0.25) is 0 Å². The number of hydrogen-bond acceptors (Lipinski definition) is 9. The molecular weight excluding hydrogens is 401 g/mol. The smallest absolute Gasteiger partial charge is 0.249 e. The number of nitrogens with zero attached hydrogens (tertiary/aromatic N) is 4. The van der Waals surface area contributed by atoms with Gasteiger partial charge in [-0.15, -0.1) is 0 Å². The van der Waals surface area contributed by atoms with Gasteiger partial charge in [0, 0.05) is 37.6 Å². The molecule has 0 saturated carbocycles. The maximum Gasteiger partial charge on any atom is 0.249 e. The third-order valence-electron chi connectivity index (χ3n) is 4.39. The molecule has 11 heteroatoms. The summed E-state index contributed by atoms with van der Waals surface area (Å²) in [6, 6.07) is 3.14. The summed E-state index contributed by atoms with van der Waals surface area (Å²) in [7, 11) is -3.68. The molecule has 1 fully saturated rings. The van der Waals surface area contributed by atoms with Gasteiger partial charge in [0.25, 0.3) is 0 Å². The van der Waals surface area contributed by atoms with Crippen LogP contribution >= 0.6 is 0 Å². The number of rotatable bonds is 5. The van der Waals surface area contributed by atoms with Crippen molar-refractivity contribution in [1.29, 1.82) is 0 Å². The Morgan fingerprint density at radius 2 is 2.07 bits per heavy atom. The van der Waals surface area contributed by atoms with Crippen LogP contribution in [0.15, 0.2) is 23.5 Å². The topological polar surface area (TPSA) is 121 Å². The van der Waals surface area contributed by atoms with Gasteiger partial charge in [-0.2, -0.15) is 0 Å². The summed E-state index contributed by atoms with van der Waals surface area (Å²) in [4.78, 5) is 14.4. The second-order valence-electron chi connectivity index (χ2n) is 7.08. The Labute approximate surface area is 169 Å². The van der Waals surface area contributed by atoms with E-state index in [1.54, 1.807) is 6.07 Å². The molecule has 2 aromatic heterocycles.